The van der Waals surface area contributed by atoms with E-state index in [2.05, 4.69) is 15.4 Å². The zero-order valence-electron chi connectivity index (χ0n) is 17.7. The first kappa shape index (κ1) is 21.7. The van der Waals surface area contributed by atoms with Crippen molar-refractivity contribution in [3.8, 4) is 5.75 Å². The van der Waals surface area contributed by atoms with E-state index in [0.717, 1.165) is 17.5 Å². The van der Waals surface area contributed by atoms with Crippen molar-refractivity contribution < 1.29 is 27.1 Å². The molecule has 5 rings (SSSR count). The van der Waals surface area contributed by atoms with Crippen molar-refractivity contribution in [1.29, 1.82) is 0 Å². The van der Waals surface area contributed by atoms with E-state index < -0.39 is 12.7 Å². The average Bonchev–Trinajstić information content (AvgIpc) is 3.05. The Balaban J connectivity index is 1.16. The molecule has 2 fully saturated rings. The molecular formula is C23H22F4N4O2. The van der Waals surface area contributed by atoms with Gasteiger partial charge in [-0.15, -0.1) is 0 Å². The second-order valence-corrected chi connectivity index (χ2v) is 8.91. The number of anilines is 1. The zero-order chi connectivity index (χ0) is 23.3. The number of pyridine rings is 1. The van der Waals surface area contributed by atoms with Crippen molar-refractivity contribution in [2.75, 3.05) is 5.32 Å². The molecule has 6 nitrogen and oxygen atoms in total. The molecule has 1 aromatic carbocycles. The Kier molecular flexibility index (Phi) is 5.25. The Hall–Kier alpha value is -3.17. The minimum absolute atomic E-state index is 0.0130. The van der Waals surface area contributed by atoms with Gasteiger partial charge in [0.05, 0.1) is 23.5 Å². The maximum absolute atomic E-state index is 13.7. The van der Waals surface area contributed by atoms with Gasteiger partial charge in [-0.3, -0.25) is 14.5 Å². The van der Waals surface area contributed by atoms with E-state index in [-0.39, 0.29) is 35.4 Å². The van der Waals surface area contributed by atoms with E-state index >= 15 is 0 Å². The van der Waals surface area contributed by atoms with Crippen molar-refractivity contribution in [2.24, 2.45) is 23.7 Å². The summed E-state index contributed by atoms with van der Waals surface area (Å²) in [5, 5.41) is 6.95. The quantitative estimate of drug-likeness (QED) is 0.534. The van der Waals surface area contributed by atoms with Gasteiger partial charge in [0.2, 0.25) is 5.91 Å². The molecule has 10 heteroatoms. The number of halogens is 4. The van der Waals surface area contributed by atoms with Gasteiger partial charge < -0.3 is 10.1 Å². The Labute approximate surface area is 186 Å². The van der Waals surface area contributed by atoms with Crippen LogP contribution in [0.25, 0.3) is 10.9 Å². The summed E-state index contributed by atoms with van der Waals surface area (Å²) in [4.78, 5) is 16.9. The van der Waals surface area contributed by atoms with Crippen LogP contribution in [0.3, 0.4) is 0 Å². The molecule has 33 heavy (non-hydrogen) atoms. The second-order valence-electron chi connectivity index (χ2n) is 8.91. The molecule has 2 aromatic heterocycles. The number of carbonyl (C=O) groups is 1. The lowest BCUT2D eigenvalue weighted by Crippen LogP contribution is -2.25. The highest BCUT2D eigenvalue weighted by Crippen LogP contribution is 2.61. The van der Waals surface area contributed by atoms with Gasteiger partial charge in [-0.1, -0.05) is 6.92 Å². The minimum Gasteiger partial charge on any atom is -0.490 e. The monoisotopic (exact) mass is 462 g/mol. The minimum atomic E-state index is -4.37. The molecule has 0 radical (unpaired) electrons. The van der Waals surface area contributed by atoms with Gasteiger partial charge in [-0.05, 0) is 54.9 Å². The van der Waals surface area contributed by atoms with Crippen molar-refractivity contribution in [3.63, 3.8) is 0 Å². The summed E-state index contributed by atoms with van der Waals surface area (Å²) in [6.45, 7) is 0.638. The van der Waals surface area contributed by atoms with Gasteiger partial charge in [-0.25, -0.2) is 4.39 Å². The van der Waals surface area contributed by atoms with Crippen LogP contribution in [0.1, 0.15) is 19.8 Å². The molecule has 1 N–H and O–H groups in total. The van der Waals surface area contributed by atoms with Gasteiger partial charge in [0.1, 0.15) is 18.1 Å². The number of benzene rings is 1. The van der Waals surface area contributed by atoms with Crippen LogP contribution >= 0.6 is 0 Å². The zero-order valence-corrected chi connectivity index (χ0v) is 17.7. The van der Waals surface area contributed by atoms with Crippen LogP contribution in [0.4, 0.5) is 23.2 Å². The summed E-state index contributed by atoms with van der Waals surface area (Å²) < 4.78 is 58.0. The summed E-state index contributed by atoms with van der Waals surface area (Å²) in [6, 6.07) is 6.13. The molecule has 0 saturated heterocycles. The number of fused-ring (bicyclic) bond motifs is 2. The SMILES string of the molecule is CC(C(=O)Nc1cnn(CC(F)(F)F)c1)C1C2CC(Oc3ccnc4ccc(F)cc34)CC21. The third kappa shape index (κ3) is 4.51. The molecular weight excluding hydrogens is 440 g/mol. The molecule has 3 atom stereocenters. The normalized spacial score (nSPS) is 25.0. The van der Waals surface area contributed by atoms with Crippen LogP contribution in [0.15, 0.2) is 42.9 Å². The highest BCUT2D eigenvalue weighted by atomic mass is 19.4. The summed E-state index contributed by atoms with van der Waals surface area (Å²) in [5.74, 6) is 0.669. The predicted octanol–water partition coefficient (Wildman–Crippen LogP) is 4.81. The van der Waals surface area contributed by atoms with E-state index in [1.165, 1.54) is 24.5 Å². The number of nitrogens with zero attached hydrogens (tertiary/aromatic N) is 3. The van der Waals surface area contributed by atoms with E-state index in [0.29, 0.717) is 28.5 Å². The van der Waals surface area contributed by atoms with Crippen molar-refractivity contribution in [3.05, 3.63) is 48.7 Å². The molecule has 174 valence electrons. The van der Waals surface area contributed by atoms with Gasteiger partial charge in [0, 0.05) is 23.7 Å². The summed E-state index contributed by atoms with van der Waals surface area (Å²) in [7, 11) is 0. The fraction of sp³-hybridized carbons (Fsp3) is 0.435. The van der Waals surface area contributed by atoms with E-state index in [1.54, 1.807) is 18.3 Å². The Morgan fingerprint density at radius 2 is 2.03 bits per heavy atom. The van der Waals surface area contributed by atoms with Gasteiger partial charge in [0.15, 0.2) is 0 Å². The number of hydrogen-bond acceptors (Lipinski definition) is 4. The van der Waals surface area contributed by atoms with Crippen molar-refractivity contribution in [2.45, 2.75) is 38.6 Å². The lowest BCUT2D eigenvalue weighted by atomic mass is 9.97. The number of alkyl halides is 3. The van der Waals surface area contributed by atoms with Crippen LogP contribution in [0.2, 0.25) is 0 Å². The average molecular weight is 462 g/mol. The molecule has 0 aliphatic heterocycles. The lowest BCUT2D eigenvalue weighted by molar-refractivity contribution is -0.142. The van der Waals surface area contributed by atoms with Crippen molar-refractivity contribution >= 4 is 22.5 Å². The maximum Gasteiger partial charge on any atom is 0.408 e. The highest BCUT2D eigenvalue weighted by Gasteiger charge is 2.59. The molecule has 3 aromatic rings. The van der Waals surface area contributed by atoms with Crippen LogP contribution in [0, 0.1) is 29.5 Å². The van der Waals surface area contributed by atoms with Crippen LogP contribution in [-0.2, 0) is 11.3 Å². The molecule has 2 aliphatic rings. The fourth-order valence-electron chi connectivity index (χ4n) is 5.18. The number of rotatable bonds is 6. The summed E-state index contributed by atoms with van der Waals surface area (Å²) in [5.41, 5.74) is 0.915. The van der Waals surface area contributed by atoms with Gasteiger partial charge in [-0.2, -0.15) is 18.3 Å². The first-order valence-corrected chi connectivity index (χ1v) is 10.8. The number of nitrogens with one attached hydrogen (secondary N) is 1. The molecule has 2 aliphatic carbocycles. The van der Waals surface area contributed by atoms with E-state index in [4.69, 9.17) is 4.74 Å². The van der Waals surface area contributed by atoms with Gasteiger partial charge in [0.25, 0.3) is 0 Å². The maximum atomic E-state index is 13.7. The number of hydrogen-bond donors (Lipinski definition) is 1. The van der Waals surface area contributed by atoms with Crippen LogP contribution < -0.4 is 10.1 Å². The molecule has 2 saturated carbocycles. The standard InChI is InChI=1S/C23H22F4N4O2/c1-12(22(32)30-14-9-29-31(10-14)11-23(25,26)27)21-16-7-15(8-17(16)21)33-20-4-5-28-19-3-2-13(24)6-18(19)20/h2-6,9-10,12,15-17,21H,7-8,11H2,1H3,(H,30,32). The Morgan fingerprint density at radius 1 is 1.27 bits per heavy atom. The fourth-order valence-corrected chi connectivity index (χ4v) is 5.18. The third-order valence-corrected chi connectivity index (χ3v) is 6.66. The number of amides is 1. The number of ether oxygens (including phenoxy) is 1. The number of aromatic nitrogens is 3. The van der Waals surface area contributed by atoms with Gasteiger partial charge >= 0.3 is 6.18 Å². The summed E-state index contributed by atoms with van der Waals surface area (Å²) in [6.07, 6.45) is 1.25. The Morgan fingerprint density at radius 3 is 2.76 bits per heavy atom. The highest BCUT2D eigenvalue weighted by molar-refractivity contribution is 5.92. The first-order valence-electron chi connectivity index (χ1n) is 10.8. The van der Waals surface area contributed by atoms with Crippen LogP contribution in [0.5, 0.6) is 5.75 Å². The van der Waals surface area contributed by atoms with Crippen molar-refractivity contribution in [1.82, 2.24) is 14.8 Å². The number of carbonyl (C=O) groups excluding carboxylic acids is 1. The molecule has 3 unspecified atom stereocenters. The topological polar surface area (TPSA) is 69.0 Å². The lowest BCUT2D eigenvalue weighted by Gasteiger charge is -2.20. The summed E-state index contributed by atoms with van der Waals surface area (Å²) >= 11 is 0. The smallest absolute Gasteiger partial charge is 0.408 e. The molecule has 1 amide bonds. The molecule has 0 spiro atoms. The van der Waals surface area contributed by atoms with Crippen LogP contribution in [-0.4, -0.2) is 33.0 Å². The largest absolute Gasteiger partial charge is 0.490 e. The Bertz CT molecular complexity index is 1180. The second kappa shape index (κ2) is 8.00. The first-order chi connectivity index (χ1) is 15.7. The van der Waals surface area contributed by atoms with E-state index in [1.807, 2.05) is 6.92 Å². The third-order valence-electron chi connectivity index (χ3n) is 6.66. The van der Waals surface area contributed by atoms with E-state index in [9.17, 15) is 22.4 Å². The predicted molar refractivity (Wildman–Crippen MR) is 112 cm³/mol. The molecule has 0 bridgehead atoms. The molecule has 2 heterocycles.